The van der Waals surface area contributed by atoms with Crippen molar-refractivity contribution in [1.82, 2.24) is 5.32 Å². The number of fused-ring (bicyclic) bond motifs is 1. The van der Waals surface area contributed by atoms with Crippen LogP contribution in [0.25, 0.3) is 0 Å². The quantitative estimate of drug-likeness (QED) is 0.915. The normalized spacial score (nSPS) is 15.1. The second-order valence-electron chi connectivity index (χ2n) is 4.82. The lowest BCUT2D eigenvalue weighted by Gasteiger charge is -2.25. The molecule has 1 aromatic heterocycles. The zero-order chi connectivity index (χ0) is 13.8. The van der Waals surface area contributed by atoms with Crippen LogP contribution >= 0.6 is 11.3 Å². The van der Waals surface area contributed by atoms with Gasteiger partial charge in [0, 0.05) is 11.6 Å². The highest BCUT2D eigenvalue weighted by atomic mass is 32.1. The van der Waals surface area contributed by atoms with Crippen molar-refractivity contribution >= 4 is 11.3 Å². The third kappa shape index (κ3) is 2.81. The van der Waals surface area contributed by atoms with Crippen LogP contribution in [0.3, 0.4) is 0 Å². The lowest BCUT2D eigenvalue weighted by Crippen LogP contribution is -2.25. The van der Waals surface area contributed by atoms with Gasteiger partial charge in [-0.15, -0.1) is 0 Å². The second-order valence-corrected chi connectivity index (χ2v) is 5.60. The van der Waals surface area contributed by atoms with Crippen molar-refractivity contribution in [1.29, 1.82) is 0 Å². The number of thiophene rings is 1. The Bertz CT molecular complexity index is 554. The maximum absolute atomic E-state index is 5.84. The summed E-state index contributed by atoms with van der Waals surface area (Å²) in [7, 11) is 0. The van der Waals surface area contributed by atoms with Crippen molar-refractivity contribution in [2.24, 2.45) is 0 Å². The molecule has 3 rings (SSSR count). The Hall–Kier alpha value is -1.52. The van der Waals surface area contributed by atoms with Crippen LogP contribution in [0.15, 0.2) is 35.0 Å². The van der Waals surface area contributed by atoms with E-state index in [-0.39, 0.29) is 6.04 Å². The zero-order valence-corrected chi connectivity index (χ0v) is 12.4. The molecule has 0 aliphatic carbocycles. The van der Waals surface area contributed by atoms with E-state index < -0.39 is 0 Å². The number of likely N-dealkylation sites (N-methyl/N-ethyl adjacent to an activating group) is 1. The highest BCUT2D eigenvalue weighted by Crippen LogP contribution is 2.38. The summed E-state index contributed by atoms with van der Waals surface area (Å²) in [5, 5.41) is 7.89. The highest BCUT2D eigenvalue weighted by Gasteiger charge is 2.21. The minimum Gasteiger partial charge on any atom is -0.486 e. The van der Waals surface area contributed by atoms with Gasteiger partial charge in [-0.25, -0.2) is 0 Å². The molecule has 0 bridgehead atoms. The predicted octanol–water partition coefficient (Wildman–Crippen LogP) is 3.41. The van der Waals surface area contributed by atoms with Crippen LogP contribution in [0.1, 0.15) is 24.1 Å². The molecule has 2 heterocycles. The van der Waals surface area contributed by atoms with Gasteiger partial charge in [0.05, 0.1) is 0 Å². The molecular formula is C16H19NO2S. The maximum atomic E-state index is 5.84. The molecule has 20 heavy (non-hydrogen) atoms. The van der Waals surface area contributed by atoms with Crippen molar-refractivity contribution in [2.45, 2.75) is 19.4 Å². The first-order chi connectivity index (χ1) is 9.88. The summed E-state index contributed by atoms with van der Waals surface area (Å²) in [6.45, 7) is 4.32. The molecule has 1 atom stereocenters. The Morgan fingerprint density at radius 1 is 1.25 bits per heavy atom. The van der Waals surface area contributed by atoms with Crippen LogP contribution in [0.2, 0.25) is 0 Å². The fourth-order valence-corrected chi connectivity index (χ4v) is 3.24. The molecule has 0 saturated heterocycles. The molecule has 2 aromatic rings. The fourth-order valence-electron chi connectivity index (χ4n) is 2.55. The van der Waals surface area contributed by atoms with Crippen molar-refractivity contribution in [3.63, 3.8) is 0 Å². The number of hydrogen-bond acceptors (Lipinski definition) is 4. The molecule has 0 fully saturated rings. The molecular weight excluding hydrogens is 270 g/mol. The minimum atomic E-state index is 0.256. The number of ether oxygens (including phenoxy) is 2. The summed E-state index contributed by atoms with van der Waals surface area (Å²) in [6, 6.07) is 8.59. The van der Waals surface area contributed by atoms with Crippen molar-refractivity contribution < 1.29 is 9.47 Å². The first-order valence-electron chi connectivity index (χ1n) is 7.01. The molecule has 1 aliphatic heterocycles. The monoisotopic (exact) mass is 289 g/mol. The Morgan fingerprint density at radius 3 is 2.95 bits per heavy atom. The molecule has 3 nitrogen and oxygen atoms in total. The SMILES string of the molecule is CCNC(Cc1ccsc1)c1cccc2c1OCCO2. The molecule has 1 unspecified atom stereocenters. The van der Waals surface area contributed by atoms with Crippen molar-refractivity contribution in [2.75, 3.05) is 19.8 Å². The van der Waals surface area contributed by atoms with Gasteiger partial charge in [-0.1, -0.05) is 19.1 Å². The van der Waals surface area contributed by atoms with E-state index in [0.29, 0.717) is 13.2 Å². The molecule has 1 aliphatic rings. The smallest absolute Gasteiger partial charge is 0.166 e. The van der Waals surface area contributed by atoms with Gasteiger partial charge in [-0.3, -0.25) is 0 Å². The van der Waals surface area contributed by atoms with Crippen LogP contribution in [-0.4, -0.2) is 19.8 Å². The lowest BCUT2D eigenvalue weighted by atomic mass is 9.99. The largest absolute Gasteiger partial charge is 0.486 e. The fraction of sp³-hybridized carbons (Fsp3) is 0.375. The third-order valence-corrected chi connectivity index (χ3v) is 4.17. The van der Waals surface area contributed by atoms with E-state index in [4.69, 9.17) is 9.47 Å². The number of benzene rings is 1. The summed E-state index contributed by atoms with van der Waals surface area (Å²) in [5.74, 6) is 1.77. The third-order valence-electron chi connectivity index (χ3n) is 3.44. The van der Waals surface area contributed by atoms with E-state index in [0.717, 1.165) is 24.5 Å². The number of hydrogen-bond donors (Lipinski definition) is 1. The van der Waals surface area contributed by atoms with Gasteiger partial charge in [-0.05, 0) is 41.4 Å². The first kappa shape index (κ1) is 13.5. The predicted molar refractivity (Wildman–Crippen MR) is 81.9 cm³/mol. The van der Waals surface area contributed by atoms with E-state index >= 15 is 0 Å². The van der Waals surface area contributed by atoms with Gasteiger partial charge >= 0.3 is 0 Å². The van der Waals surface area contributed by atoms with Gasteiger partial charge < -0.3 is 14.8 Å². The molecule has 1 aromatic carbocycles. The standard InChI is InChI=1S/C16H19NO2S/c1-2-17-14(10-12-6-9-20-11-12)13-4-3-5-15-16(13)19-8-7-18-15/h3-6,9,11,14,17H,2,7-8,10H2,1H3. The van der Waals surface area contributed by atoms with E-state index in [1.807, 2.05) is 12.1 Å². The van der Waals surface area contributed by atoms with Gasteiger partial charge in [0.25, 0.3) is 0 Å². The van der Waals surface area contributed by atoms with Crippen molar-refractivity contribution in [3.8, 4) is 11.5 Å². The minimum absolute atomic E-state index is 0.256. The molecule has 0 saturated carbocycles. The van der Waals surface area contributed by atoms with Crippen LogP contribution in [-0.2, 0) is 6.42 Å². The van der Waals surface area contributed by atoms with Gasteiger partial charge in [0.2, 0.25) is 0 Å². The lowest BCUT2D eigenvalue weighted by molar-refractivity contribution is 0.168. The number of nitrogens with one attached hydrogen (secondary N) is 1. The summed E-state index contributed by atoms with van der Waals surface area (Å²) in [6.07, 6.45) is 0.969. The van der Waals surface area contributed by atoms with Crippen LogP contribution in [0, 0.1) is 0 Å². The summed E-state index contributed by atoms with van der Waals surface area (Å²) < 4.78 is 11.5. The van der Waals surface area contributed by atoms with E-state index in [2.05, 4.69) is 35.1 Å². The summed E-state index contributed by atoms with van der Waals surface area (Å²) in [5.41, 5.74) is 2.55. The van der Waals surface area contributed by atoms with Crippen LogP contribution < -0.4 is 14.8 Å². The Balaban J connectivity index is 1.90. The average Bonchev–Trinajstić information content (AvgIpc) is 2.99. The summed E-state index contributed by atoms with van der Waals surface area (Å²) in [4.78, 5) is 0. The topological polar surface area (TPSA) is 30.5 Å². The maximum Gasteiger partial charge on any atom is 0.166 e. The number of rotatable bonds is 5. The second kappa shape index (κ2) is 6.29. The van der Waals surface area contributed by atoms with E-state index in [1.54, 1.807) is 11.3 Å². The van der Waals surface area contributed by atoms with Crippen LogP contribution in [0.4, 0.5) is 0 Å². The molecule has 0 radical (unpaired) electrons. The molecule has 0 spiro atoms. The first-order valence-corrected chi connectivity index (χ1v) is 7.95. The van der Waals surface area contributed by atoms with Gasteiger partial charge in [0.1, 0.15) is 13.2 Å². The van der Waals surface area contributed by atoms with E-state index in [1.165, 1.54) is 11.1 Å². The van der Waals surface area contributed by atoms with Crippen molar-refractivity contribution in [3.05, 3.63) is 46.2 Å². The Morgan fingerprint density at radius 2 is 2.15 bits per heavy atom. The highest BCUT2D eigenvalue weighted by molar-refractivity contribution is 7.07. The Labute approximate surface area is 123 Å². The molecule has 106 valence electrons. The van der Waals surface area contributed by atoms with E-state index in [9.17, 15) is 0 Å². The summed E-state index contributed by atoms with van der Waals surface area (Å²) >= 11 is 1.74. The van der Waals surface area contributed by atoms with Crippen LogP contribution in [0.5, 0.6) is 11.5 Å². The zero-order valence-electron chi connectivity index (χ0n) is 11.6. The number of para-hydroxylation sites is 1. The molecule has 0 amide bonds. The Kier molecular flexibility index (Phi) is 4.23. The average molecular weight is 289 g/mol. The molecule has 1 N–H and O–H groups in total. The molecule has 4 heteroatoms. The van der Waals surface area contributed by atoms with Gasteiger partial charge in [-0.2, -0.15) is 11.3 Å². The van der Waals surface area contributed by atoms with Gasteiger partial charge in [0.15, 0.2) is 11.5 Å².